The van der Waals surface area contributed by atoms with E-state index in [0.29, 0.717) is 33.8 Å². The molecule has 6 nitrogen and oxygen atoms in total. The molecule has 0 spiro atoms. The van der Waals surface area contributed by atoms with Gasteiger partial charge in [0, 0.05) is 38.4 Å². The normalized spacial score (nSPS) is 11.4. The van der Waals surface area contributed by atoms with Crippen LogP contribution in [0.15, 0.2) is 188 Å². The highest BCUT2D eigenvalue weighted by atomic mass is 19.4. The molecule has 11 aromatic rings. The van der Waals surface area contributed by atoms with E-state index in [1.807, 2.05) is 138 Å². The molecule has 318 valence electrons. The maximum Gasteiger partial charge on any atom is 0.417 e. The Morgan fingerprint density at radius 3 is 1.56 bits per heavy atom. The van der Waals surface area contributed by atoms with Gasteiger partial charge in [-0.1, -0.05) is 121 Å². The zero-order valence-electron chi connectivity index (χ0n) is 35.7. The van der Waals surface area contributed by atoms with Crippen LogP contribution in [0.3, 0.4) is 0 Å². The average molecular weight is 881 g/mol. The van der Waals surface area contributed by atoms with E-state index >= 15 is 13.2 Å². The van der Waals surface area contributed by atoms with Crippen molar-refractivity contribution < 1.29 is 13.2 Å². The van der Waals surface area contributed by atoms with Crippen molar-refractivity contribution >= 4 is 55.0 Å². The first-order valence-corrected chi connectivity index (χ1v) is 21.5. The Kier molecular flexibility index (Phi) is 9.72. The van der Waals surface area contributed by atoms with Gasteiger partial charge in [-0.15, -0.1) is 0 Å². The highest BCUT2D eigenvalue weighted by Crippen LogP contribution is 2.50. The molecule has 0 aliphatic rings. The molecule has 2 heterocycles. The Balaban J connectivity index is 1.28. The van der Waals surface area contributed by atoms with E-state index in [1.54, 1.807) is 36.4 Å². The summed E-state index contributed by atoms with van der Waals surface area (Å²) in [5, 5.41) is 23.4. The quantitative estimate of drug-likeness (QED) is 0.156. The van der Waals surface area contributed by atoms with Crippen LogP contribution in [-0.2, 0) is 6.18 Å². The smallest absolute Gasteiger partial charge is 0.310 e. The van der Waals surface area contributed by atoms with Crippen molar-refractivity contribution in [1.29, 1.82) is 10.5 Å². The molecule has 9 heteroatoms. The molecule has 68 heavy (non-hydrogen) atoms. The van der Waals surface area contributed by atoms with Crippen molar-refractivity contribution in [2.24, 2.45) is 0 Å². The van der Waals surface area contributed by atoms with Crippen LogP contribution in [0.1, 0.15) is 16.7 Å². The summed E-state index contributed by atoms with van der Waals surface area (Å²) in [6, 6.07) is 60.9. The molecule has 0 unspecified atom stereocenters. The summed E-state index contributed by atoms with van der Waals surface area (Å²) in [6.45, 7) is 16.6. The van der Waals surface area contributed by atoms with Gasteiger partial charge in [0.25, 0.3) is 0 Å². The van der Waals surface area contributed by atoms with Crippen LogP contribution in [-0.4, -0.2) is 9.13 Å². The number of benzene rings is 9. The second kappa shape index (κ2) is 16.1. The van der Waals surface area contributed by atoms with Gasteiger partial charge in [0.1, 0.15) is 0 Å². The van der Waals surface area contributed by atoms with Crippen LogP contribution in [0.5, 0.6) is 0 Å². The Bertz CT molecular complexity index is 4090. The van der Waals surface area contributed by atoms with Gasteiger partial charge in [0.05, 0.1) is 69.7 Å². The molecule has 0 N–H and O–H groups in total. The number of hydrogen-bond acceptors (Lipinski definition) is 2. The van der Waals surface area contributed by atoms with E-state index in [-0.39, 0.29) is 22.4 Å². The Morgan fingerprint density at radius 1 is 0.426 bits per heavy atom. The Morgan fingerprint density at radius 2 is 0.941 bits per heavy atom. The third-order valence-electron chi connectivity index (χ3n) is 12.7. The number of nitrogens with zero attached hydrogens (tertiary/aromatic N) is 6. The molecule has 0 radical (unpaired) electrons. The molecular formula is C59H31F3N6. The highest BCUT2D eigenvalue weighted by Gasteiger charge is 2.36. The molecular weight excluding hydrogens is 850 g/mol. The van der Waals surface area contributed by atoms with Gasteiger partial charge in [-0.3, -0.25) is 0 Å². The molecule has 11 rings (SSSR count). The minimum Gasteiger partial charge on any atom is -0.310 e. The molecule has 0 atom stereocenters. The summed E-state index contributed by atoms with van der Waals surface area (Å²) in [5.74, 6) is 0. The van der Waals surface area contributed by atoms with Gasteiger partial charge in [-0.25, -0.2) is 9.69 Å². The first kappa shape index (κ1) is 41.1. The summed E-state index contributed by atoms with van der Waals surface area (Å²) < 4.78 is 50.3. The minimum absolute atomic E-state index is 0.138. The average Bonchev–Trinajstić information content (AvgIpc) is 3.89. The van der Waals surface area contributed by atoms with E-state index in [9.17, 15) is 10.5 Å². The highest BCUT2D eigenvalue weighted by molar-refractivity contribution is 6.14. The fourth-order valence-corrected chi connectivity index (χ4v) is 9.81. The van der Waals surface area contributed by atoms with E-state index in [1.165, 1.54) is 12.1 Å². The molecule has 0 saturated heterocycles. The SMILES string of the molecule is [C-]#[N+]c1ccccc1-c1ccc2c(c1)c1ccccc1n2-c1cccc([N+]#[C-])c1-c1c(-c2ccc(C#N)cc2C(F)(F)F)cccc1-n1c2ccccc2c2cc(-c3ccccc3C#N)ccc21. The predicted molar refractivity (Wildman–Crippen MR) is 264 cm³/mol. The van der Waals surface area contributed by atoms with Crippen molar-refractivity contribution in [1.82, 2.24) is 9.13 Å². The summed E-state index contributed by atoms with van der Waals surface area (Å²) >= 11 is 0. The lowest BCUT2D eigenvalue weighted by molar-refractivity contribution is -0.137. The van der Waals surface area contributed by atoms with Gasteiger partial charge < -0.3 is 9.13 Å². The zero-order chi connectivity index (χ0) is 46.7. The van der Waals surface area contributed by atoms with Crippen molar-refractivity contribution in [2.75, 3.05) is 0 Å². The maximum atomic E-state index is 15.4. The van der Waals surface area contributed by atoms with Crippen LogP contribution < -0.4 is 0 Å². The summed E-state index contributed by atoms with van der Waals surface area (Å²) in [5.41, 5.74) is 8.38. The van der Waals surface area contributed by atoms with E-state index < -0.39 is 11.7 Å². The molecule has 0 fully saturated rings. The van der Waals surface area contributed by atoms with Crippen LogP contribution >= 0.6 is 0 Å². The lowest BCUT2D eigenvalue weighted by Gasteiger charge is -2.24. The largest absolute Gasteiger partial charge is 0.417 e. The minimum atomic E-state index is -4.85. The Labute approximate surface area is 388 Å². The van der Waals surface area contributed by atoms with E-state index in [0.717, 1.165) is 71.9 Å². The molecule has 9 aromatic carbocycles. The van der Waals surface area contributed by atoms with Gasteiger partial charge in [-0.05, 0) is 100 Å². The fraction of sp³-hybridized carbons (Fsp3) is 0.0169. The van der Waals surface area contributed by atoms with Crippen LogP contribution in [0.25, 0.3) is 109 Å². The number of halogens is 3. The van der Waals surface area contributed by atoms with Gasteiger partial charge >= 0.3 is 6.18 Å². The van der Waals surface area contributed by atoms with Crippen molar-refractivity contribution in [2.45, 2.75) is 6.18 Å². The van der Waals surface area contributed by atoms with Crippen LogP contribution in [0.2, 0.25) is 0 Å². The van der Waals surface area contributed by atoms with Crippen molar-refractivity contribution in [3.63, 3.8) is 0 Å². The first-order chi connectivity index (χ1) is 33.2. The number of hydrogen-bond donors (Lipinski definition) is 0. The summed E-state index contributed by atoms with van der Waals surface area (Å²) in [6.07, 6.45) is -4.85. The fourth-order valence-electron chi connectivity index (χ4n) is 9.81. The monoisotopic (exact) mass is 880 g/mol. The first-order valence-electron chi connectivity index (χ1n) is 21.5. The topological polar surface area (TPSA) is 66.2 Å². The third-order valence-corrected chi connectivity index (χ3v) is 12.7. The molecule has 0 amide bonds. The van der Waals surface area contributed by atoms with Gasteiger partial charge in [0.15, 0.2) is 11.4 Å². The van der Waals surface area contributed by atoms with E-state index in [2.05, 4.69) is 26.4 Å². The number of fused-ring (bicyclic) bond motifs is 6. The molecule has 0 aliphatic heterocycles. The molecule has 2 aromatic heterocycles. The number of para-hydroxylation sites is 3. The lowest BCUT2D eigenvalue weighted by atomic mass is 9.88. The standard InChI is InChI=1S/C59H31F3N6/c1-65-49-19-8-5-15-41(49)38-27-30-54-47(33-38)44-17-7-10-22-52(44)68(54)56-24-12-20-50(66-2)58(56)57-45(42-28-25-36(34-63)31-48(42)59(60,61)62)18-11-23-55(57)67-51-21-9-6-16-43(51)46-32-37(26-29-53(46)67)40-14-4-3-13-39(40)35-64/h3-33H. The predicted octanol–water partition coefficient (Wildman–Crippen LogP) is 16.4. The summed E-state index contributed by atoms with van der Waals surface area (Å²) in [7, 11) is 0. The van der Waals surface area contributed by atoms with Crippen LogP contribution in [0.4, 0.5) is 24.5 Å². The van der Waals surface area contributed by atoms with Gasteiger partial charge in [0.2, 0.25) is 0 Å². The zero-order valence-corrected chi connectivity index (χ0v) is 35.7. The second-order valence-electron chi connectivity index (χ2n) is 16.3. The van der Waals surface area contributed by atoms with Crippen molar-refractivity contribution in [3.05, 3.63) is 228 Å². The second-order valence-corrected chi connectivity index (χ2v) is 16.3. The maximum absolute atomic E-state index is 15.4. The Hall–Kier alpha value is -9.67. The lowest BCUT2D eigenvalue weighted by Crippen LogP contribution is -2.09. The summed E-state index contributed by atoms with van der Waals surface area (Å²) in [4.78, 5) is 7.88. The number of nitriles is 2. The van der Waals surface area contributed by atoms with Crippen molar-refractivity contribution in [3.8, 4) is 68.0 Å². The van der Waals surface area contributed by atoms with Crippen LogP contribution in [0, 0.1) is 35.8 Å². The van der Waals surface area contributed by atoms with Gasteiger partial charge in [-0.2, -0.15) is 23.7 Å². The molecule has 0 aliphatic carbocycles. The van der Waals surface area contributed by atoms with E-state index in [4.69, 9.17) is 13.1 Å². The molecule has 0 bridgehead atoms. The number of aromatic nitrogens is 2. The number of alkyl halides is 3. The third kappa shape index (κ3) is 6.46. The molecule has 0 saturated carbocycles. The number of rotatable bonds is 6.